The number of carbonyl (C=O) groups is 1. The smallest absolute Gasteiger partial charge is 0.343 e. The number of aromatic nitrogens is 2. The molecule has 1 heterocycles. The van der Waals surface area contributed by atoms with Crippen LogP contribution in [0.4, 0.5) is 0 Å². The maximum Gasteiger partial charge on any atom is 0.343 e. The van der Waals surface area contributed by atoms with Crippen LogP contribution in [0.2, 0.25) is 0 Å². The highest BCUT2D eigenvalue weighted by Gasteiger charge is 2.13. The molecule has 0 amide bonds. The molecular formula is C31H37N3O2. The minimum Gasteiger partial charge on any atom is -0.422 e. The van der Waals surface area contributed by atoms with Gasteiger partial charge < -0.3 is 4.74 Å². The van der Waals surface area contributed by atoms with Crippen LogP contribution in [0.25, 0.3) is 11.4 Å². The van der Waals surface area contributed by atoms with Gasteiger partial charge in [0.1, 0.15) is 11.8 Å². The van der Waals surface area contributed by atoms with E-state index in [0.29, 0.717) is 22.7 Å². The normalized spacial score (nSPS) is 10.7. The zero-order chi connectivity index (χ0) is 25.6. The summed E-state index contributed by atoms with van der Waals surface area (Å²) in [7, 11) is 0. The number of aryl methyl sites for hydroxylation is 2. The number of rotatable bonds is 14. The summed E-state index contributed by atoms with van der Waals surface area (Å²) < 4.78 is 5.56. The summed E-state index contributed by atoms with van der Waals surface area (Å²) in [5.74, 6) is 0.427. The lowest BCUT2D eigenvalue weighted by Crippen LogP contribution is -2.09. The van der Waals surface area contributed by atoms with E-state index >= 15 is 0 Å². The Hall–Kier alpha value is -3.52. The third-order valence-corrected chi connectivity index (χ3v) is 6.34. The maximum absolute atomic E-state index is 12.7. The summed E-state index contributed by atoms with van der Waals surface area (Å²) >= 11 is 0. The van der Waals surface area contributed by atoms with Crippen LogP contribution in [-0.2, 0) is 12.8 Å². The molecule has 3 rings (SSSR count). The highest BCUT2D eigenvalue weighted by molar-refractivity contribution is 5.91. The summed E-state index contributed by atoms with van der Waals surface area (Å²) in [6.45, 7) is 4.41. The van der Waals surface area contributed by atoms with Gasteiger partial charge in [-0.15, -0.1) is 0 Å². The van der Waals surface area contributed by atoms with Crippen molar-refractivity contribution in [1.82, 2.24) is 9.97 Å². The molecule has 0 aliphatic heterocycles. The highest BCUT2D eigenvalue weighted by Crippen LogP contribution is 2.23. The molecule has 2 aromatic carbocycles. The predicted molar refractivity (Wildman–Crippen MR) is 144 cm³/mol. The summed E-state index contributed by atoms with van der Waals surface area (Å²) in [6.07, 6.45) is 16.6. The maximum atomic E-state index is 12.7. The summed E-state index contributed by atoms with van der Waals surface area (Å²) in [6, 6.07) is 14.7. The van der Waals surface area contributed by atoms with E-state index < -0.39 is 5.97 Å². The zero-order valence-corrected chi connectivity index (χ0v) is 21.6. The molecule has 0 aliphatic rings. The molecule has 0 atom stereocenters. The third kappa shape index (κ3) is 8.30. The van der Waals surface area contributed by atoms with Crippen molar-refractivity contribution in [3.8, 4) is 23.2 Å². The number of hydrogen-bond donors (Lipinski definition) is 0. The van der Waals surface area contributed by atoms with Gasteiger partial charge in [-0.3, -0.25) is 0 Å². The lowest BCUT2D eigenvalue weighted by Gasteiger charge is -2.09. The number of esters is 1. The van der Waals surface area contributed by atoms with Crippen LogP contribution in [-0.4, -0.2) is 15.9 Å². The summed E-state index contributed by atoms with van der Waals surface area (Å²) in [5, 5.41) is 9.58. The minimum atomic E-state index is -0.492. The fraction of sp³-hybridized carbons (Fsp3) is 0.419. The quantitative estimate of drug-likeness (QED) is 0.132. The van der Waals surface area contributed by atoms with E-state index in [9.17, 15) is 10.1 Å². The first-order chi connectivity index (χ1) is 17.6. The Bertz CT molecular complexity index is 1130. The van der Waals surface area contributed by atoms with Gasteiger partial charge in [0, 0.05) is 18.0 Å². The SMILES string of the molecule is CCCCCCCCc1ccc(OC(=O)c2ccc(-c3ncc(CCCCC)cn3)cc2)c(C#N)c1. The Morgan fingerprint density at radius 3 is 2.11 bits per heavy atom. The first kappa shape index (κ1) is 27.1. The van der Waals surface area contributed by atoms with Crippen molar-refractivity contribution in [3.05, 3.63) is 77.1 Å². The molecule has 36 heavy (non-hydrogen) atoms. The number of benzene rings is 2. The van der Waals surface area contributed by atoms with Gasteiger partial charge in [0.05, 0.1) is 11.1 Å². The summed E-state index contributed by atoms with van der Waals surface area (Å²) in [4.78, 5) is 21.7. The average Bonchev–Trinajstić information content (AvgIpc) is 2.92. The van der Waals surface area contributed by atoms with Gasteiger partial charge >= 0.3 is 5.97 Å². The summed E-state index contributed by atoms with van der Waals surface area (Å²) in [5.41, 5.74) is 3.87. The van der Waals surface area contributed by atoms with Gasteiger partial charge in [-0.25, -0.2) is 14.8 Å². The topological polar surface area (TPSA) is 75.9 Å². The van der Waals surface area contributed by atoms with E-state index in [-0.39, 0.29) is 0 Å². The van der Waals surface area contributed by atoms with E-state index in [1.165, 1.54) is 44.9 Å². The molecule has 0 spiro atoms. The zero-order valence-electron chi connectivity index (χ0n) is 21.6. The van der Waals surface area contributed by atoms with Gasteiger partial charge in [0.25, 0.3) is 0 Å². The van der Waals surface area contributed by atoms with Crippen molar-refractivity contribution in [3.63, 3.8) is 0 Å². The van der Waals surface area contributed by atoms with Crippen molar-refractivity contribution < 1.29 is 9.53 Å². The van der Waals surface area contributed by atoms with Gasteiger partial charge in [0.15, 0.2) is 5.82 Å². The molecule has 0 saturated heterocycles. The standard InChI is InChI=1S/C31H37N3O2/c1-3-5-7-8-9-11-12-24-14-19-29(28(20-24)21-32)36-31(35)27-17-15-26(16-18-27)30-33-22-25(23-34-30)13-10-6-4-2/h14-20,22-23H,3-13H2,1-2H3. The molecule has 0 bridgehead atoms. The Balaban J connectivity index is 1.57. The second kappa shape index (κ2) is 14.8. The van der Waals surface area contributed by atoms with E-state index in [1.54, 1.807) is 18.2 Å². The van der Waals surface area contributed by atoms with Crippen LogP contribution < -0.4 is 4.74 Å². The van der Waals surface area contributed by atoms with Crippen molar-refractivity contribution in [2.75, 3.05) is 0 Å². The van der Waals surface area contributed by atoms with Crippen molar-refractivity contribution in [1.29, 1.82) is 5.26 Å². The van der Waals surface area contributed by atoms with Crippen LogP contribution in [0.15, 0.2) is 54.9 Å². The van der Waals surface area contributed by atoms with Gasteiger partial charge in [-0.05, 0) is 61.1 Å². The van der Waals surface area contributed by atoms with Crippen LogP contribution >= 0.6 is 0 Å². The average molecular weight is 484 g/mol. The van der Waals surface area contributed by atoms with Crippen LogP contribution in [0.5, 0.6) is 5.75 Å². The molecule has 0 aliphatic carbocycles. The number of ether oxygens (including phenoxy) is 1. The Morgan fingerprint density at radius 1 is 0.806 bits per heavy atom. The van der Waals surface area contributed by atoms with Crippen molar-refractivity contribution in [2.45, 2.75) is 84.5 Å². The highest BCUT2D eigenvalue weighted by atomic mass is 16.5. The van der Waals surface area contributed by atoms with E-state index in [4.69, 9.17) is 4.74 Å². The molecular weight excluding hydrogens is 446 g/mol. The molecule has 3 aromatic rings. The molecule has 0 saturated carbocycles. The third-order valence-electron chi connectivity index (χ3n) is 6.34. The van der Waals surface area contributed by atoms with Crippen molar-refractivity contribution in [2.24, 2.45) is 0 Å². The fourth-order valence-corrected chi connectivity index (χ4v) is 4.14. The second-order valence-corrected chi connectivity index (χ2v) is 9.30. The second-order valence-electron chi connectivity index (χ2n) is 9.30. The van der Waals surface area contributed by atoms with Gasteiger partial charge in [-0.2, -0.15) is 5.26 Å². The minimum absolute atomic E-state index is 0.292. The van der Waals surface area contributed by atoms with Crippen LogP contribution in [0.3, 0.4) is 0 Å². The number of nitrogens with zero attached hydrogens (tertiary/aromatic N) is 3. The van der Waals surface area contributed by atoms with Crippen LogP contribution in [0.1, 0.15) is 98.7 Å². The first-order valence-corrected chi connectivity index (χ1v) is 13.3. The Kier molecular flexibility index (Phi) is 11.1. The first-order valence-electron chi connectivity index (χ1n) is 13.3. The molecule has 0 radical (unpaired) electrons. The van der Waals surface area contributed by atoms with Gasteiger partial charge in [0.2, 0.25) is 0 Å². The Labute approximate surface area is 215 Å². The van der Waals surface area contributed by atoms with Gasteiger partial charge in [-0.1, -0.05) is 77.0 Å². The fourth-order valence-electron chi connectivity index (χ4n) is 4.14. The number of nitriles is 1. The number of carbonyl (C=O) groups excluding carboxylic acids is 1. The molecule has 188 valence electrons. The molecule has 0 fully saturated rings. The lowest BCUT2D eigenvalue weighted by atomic mass is 10.0. The van der Waals surface area contributed by atoms with E-state index in [0.717, 1.165) is 42.4 Å². The number of hydrogen-bond acceptors (Lipinski definition) is 5. The number of unbranched alkanes of at least 4 members (excludes halogenated alkanes) is 7. The predicted octanol–water partition coefficient (Wildman–Crippen LogP) is 7.87. The van der Waals surface area contributed by atoms with E-state index in [2.05, 4.69) is 29.9 Å². The monoisotopic (exact) mass is 483 g/mol. The molecule has 0 unspecified atom stereocenters. The molecule has 5 nitrogen and oxygen atoms in total. The van der Waals surface area contributed by atoms with Crippen molar-refractivity contribution >= 4 is 5.97 Å². The van der Waals surface area contributed by atoms with E-state index in [1.807, 2.05) is 36.7 Å². The molecule has 0 N–H and O–H groups in total. The lowest BCUT2D eigenvalue weighted by molar-refractivity contribution is 0.0734. The van der Waals surface area contributed by atoms with Crippen LogP contribution in [0, 0.1) is 11.3 Å². The largest absolute Gasteiger partial charge is 0.422 e. The molecule has 1 aromatic heterocycles. The molecule has 5 heteroatoms. The Morgan fingerprint density at radius 2 is 1.42 bits per heavy atom.